The van der Waals surface area contributed by atoms with Crippen LogP contribution in [0.3, 0.4) is 0 Å². The summed E-state index contributed by atoms with van der Waals surface area (Å²) >= 11 is 23.0. The minimum Gasteiger partial charge on any atom is -0.488 e. The highest BCUT2D eigenvalue weighted by Crippen LogP contribution is 2.41. The van der Waals surface area contributed by atoms with Crippen molar-refractivity contribution in [3.05, 3.63) is 232 Å². The average molecular weight is 2180 g/mol. The zero-order valence-corrected chi connectivity index (χ0v) is 84.6. The number of benzene rings is 7. The van der Waals surface area contributed by atoms with Crippen molar-refractivity contribution in [2.75, 3.05) is 75.3 Å². The second-order valence-electron chi connectivity index (χ2n) is 28.9. The van der Waals surface area contributed by atoms with Gasteiger partial charge in [0.15, 0.2) is 0 Å². The zero-order chi connectivity index (χ0) is 105. The molecule has 1 heterocycles. The van der Waals surface area contributed by atoms with Gasteiger partial charge in [-0.1, -0.05) is 74.4 Å². The summed E-state index contributed by atoms with van der Waals surface area (Å²) in [4.78, 5) is 139. The summed E-state index contributed by atoms with van der Waals surface area (Å²) in [6.07, 6.45) is -5.78. The van der Waals surface area contributed by atoms with Crippen LogP contribution in [0.25, 0.3) is 0 Å². The molecule has 1 aliphatic rings. The van der Waals surface area contributed by atoms with E-state index >= 15 is 0 Å². The van der Waals surface area contributed by atoms with Gasteiger partial charge in [0.1, 0.15) is 34.8 Å². The SMILES string of the molecule is CC(CSc1ccc(C(=O)O)cc1[N+](=O)[O-])C(O)CS.CC(CSc1cccc(OC=O)c1[N+](=O)[O-])C(O)CS.CC1CSSCC1Oc1ccc([N+](=O)[O-])cc1C(=O)O.CCC(O)C(CS)Oc1ccc([N+](=O)[O-])cc1C(=O)O.CCC(O)C(O)CSc1ccc([N+](=O)[O-])cc1C(=O)O.CSCC(O)C(O)CSc1ccc([N+](=O)[O-])cc1C(=O)O.Cc1cccc([N+](=O)[O-])c1SCC(O)C(O)CS. The highest BCUT2D eigenvalue weighted by Gasteiger charge is 2.32. The van der Waals surface area contributed by atoms with E-state index in [0.29, 0.717) is 72.0 Å². The molecule has 0 aromatic heterocycles. The number of nitro groups is 7. The predicted octanol–water partition coefficient (Wildman–Crippen LogP) is 13.9. The summed E-state index contributed by atoms with van der Waals surface area (Å²) in [5.74, 6) is -1.67. The van der Waals surface area contributed by atoms with E-state index in [1.54, 1.807) is 72.9 Å². The topological polar surface area (TPSA) is 715 Å². The van der Waals surface area contributed by atoms with E-state index in [1.807, 2.05) is 20.8 Å². The number of ether oxygens (including phenoxy) is 3. The van der Waals surface area contributed by atoms with Crippen LogP contribution in [0.4, 0.5) is 39.8 Å². The van der Waals surface area contributed by atoms with E-state index in [9.17, 15) is 146 Å². The van der Waals surface area contributed by atoms with Gasteiger partial charge in [-0.3, -0.25) is 75.6 Å². The van der Waals surface area contributed by atoms with Gasteiger partial charge < -0.3 is 85.7 Å². The first-order valence-electron chi connectivity index (χ1n) is 40.4. The molecule has 0 saturated carbocycles. The number of carboxylic acids is 5. The Morgan fingerprint density at radius 3 is 1.24 bits per heavy atom. The molecule has 7 aromatic carbocycles. The largest absolute Gasteiger partial charge is 0.488 e. The van der Waals surface area contributed by atoms with Crippen molar-refractivity contribution in [2.45, 2.75) is 146 Å². The molecule has 764 valence electrons. The van der Waals surface area contributed by atoms with Crippen molar-refractivity contribution in [3.8, 4) is 17.2 Å². The van der Waals surface area contributed by atoms with E-state index in [2.05, 4.69) is 55.3 Å². The summed E-state index contributed by atoms with van der Waals surface area (Å²) in [5.41, 5.74) is -1.88. The second-order valence-corrected chi connectivity index (χ2v) is 39.1. The Hall–Kier alpha value is -9.40. The lowest BCUT2D eigenvalue weighted by Gasteiger charge is -2.28. The molecule has 8 rings (SSSR count). The lowest BCUT2D eigenvalue weighted by molar-refractivity contribution is -0.388. The minimum atomic E-state index is -1.34. The van der Waals surface area contributed by atoms with Crippen molar-refractivity contribution in [2.24, 2.45) is 17.8 Å². The van der Waals surface area contributed by atoms with Gasteiger partial charge in [-0.2, -0.15) is 62.3 Å². The quantitative estimate of drug-likeness (QED) is 0.00421. The van der Waals surface area contributed by atoms with E-state index < -0.39 is 125 Å². The fourth-order valence-corrected chi connectivity index (χ4v) is 20.7. The summed E-state index contributed by atoms with van der Waals surface area (Å²) in [6, 6.07) is 27.1. The average Bonchev–Trinajstić information content (AvgIpc) is 0.845. The maximum absolute atomic E-state index is 11.2. The summed E-state index contributed by atoms with van der Waals surface area (Å²) in [7, 11) is 3.45. The number of nitrogens with zero attached hydrogens (tertiary/aromatic N) is 7. The van der Waals surface area contributed by atoms with Crippen molar-refractivity contribution < 1.29 is 149 Å². The lowest BCUT2D eigenvalue weighted by Crippen LogP contribution is -2.33. The van der Waals surface area contributed by atoms with Crippen LogP contribution in [-0.2, 0) is 4.79 Å². The minimum absolute atomic E-state index is 0.0209. The number of carbonyl (C=O) groups excluding carboxylic acids is 1. The number of para-hydroxylation sites is 1. The van der Waals surface area contributed by atoms with E-state index in [-0.39, 0.29) is 138 Å². The van der Waals surface area contributed by atoms with Gasteiger partial charge in [-0.15, -0.1) is 58.8 Å². The number of aryl methyl sites for hydroxylation is 1. The third-order valence-electron chi connectivity index (χ3n) is 18.8. The highest BCUT2D eigenvalue weighted by atomic mass is 33.1. The van der Waals surface area contributed by atoms with E-state index in [0.717, 1.165) is 77.0 Å². The molecule has 1 aliphatic heterocycles. The smallest absolute Gasteiger partial charge is 0.339 e. The van der Waals surface area contributed by atoms with Crippen LogP contribution in [0.15, 0.2) is 152 Å². The van der Waals surface area contributed by atoms with Gasteiger partial charge in [-0.25, -0.2) is 24.0 Å². The third kappa shape index (κ3) is 43.5. The van der Waals surface area contributed by atoms with Crippen LogP contribution in [0, 0.1) is 95.5 Å². The van der Waals surface area contributed by atoms with Crippen molar-refractivity contribution >= 4 is 219 Å². The number of hydrogen-bond donors (Lipinski definition) is 18. The molecule has 1 fully saturated rings. The van der Waals surface area contributed by atoms with Gasteiger partial charge in [-0.05, 0) is 92.0 Å². The van der Waals surface area contributed by atoms with Gasteiger partial charge in [0, 0.05) is 145 Å². The van der Waals surface area contributed by atoms with Crippen LogP contribution in [0.2, 0.25) is 0 Å². The number of carboxylic acid groups (broad SMARTS) is 5. The van der Waals surface area contributed by atoms with Crippen LogP contribution >= 0.6 is 143 Å². The first kappa shape index (κ1) is 126. The lowest BCUT2D eigenvalue weighted by atomic mass is 10.1. The van der Waals surface area contributed by atoms with Crippen molar-refractivity contribution in [1.82, 2.24) is 0 Å². The molecule has 0 amide bonds. The molecule has 7 aromatic rings. The molecule has 1 saturated heterocycles. The molecule has 14 atom stereocenters. The van der Waals surface area contributed by atoms with Crippen LogP contribution in [0.5, 0.6) is 17.2 Å². The highest BCUT2D eigenvalue weighted by molar-refractivity contribution is 8.76. The number of hydrogen-bond acceptors (Lipinski definition) is 44. The molecule has 0 aliphatic carbocycles. The van der Waals surface area contributed by atoms with Crippen LogP contribution in [-0.4, -0.2) is 285 Å². The maximum atomic E-state index is 11.2. The number of carbonyl (C=O) groups is 6. The number of nitro benzene ring substituents is 7. The first-order chi connectivity index (χ1) is 65.4. The Labute approximate surface area is 849 Å². The number of thioether (sulfide) groups is 6. The predicted molar refractivity (Wildman–Crippen MR) is 541 cm³/mol. The fourth-order valence-electron chi connectivity index (χ4n) is 10.6. The Balaban J connectivity index is 0.000000549. The fraction of sp³-hybridized carbons (Fsp3) is 0.422. The molecule has 139 heavy (non-hydrogen) atoms. The molecule has 56 heteroatoms. The molecule has 0 bridgehead atoms. The number of thiol groups is 4. The Morgan fingerprint density at radius 1 is 0.424 bits per heavy atom. The summed E-state index contributed by atoms with van der Waals surface area (Å²) in [5, 5.41) is 207. The molecule has 14 N–H and O–H groups in total. The molecular weight excluding hydrogens is 2070 g/mol. The Bertz CT molecular complexity index is 5090. The Morgan fingerprint density at radius 2 is 0.827 bits per heavy atom. The van der Waals surface area contributed by atoms with Gasteiger partial charge in [0.05, 0.1) is 121 Å². The standard InChI is InChI=1S/C12H15NO6S2.2C12H15NO6S.C12H13NO5S2.2C12H15NO5S2.C11H15NO4S2/c1-20-5-9(14)10(15)6-21-11-3-2-7(13(18)19)4-8(11)12(16)17;1-2-9(14)10(15)6-20-11-4-3-7(13(18)19)5-8(11)12(16)17;1-2-9(14)11(6-20)19-10-4-3-7(13(17)18)5-8(10)12(15)16;1-7-5-19-20-6-11(7)18-10-3-2-8(13(16)17)4-9(10)12(14)15;1-7(10(14)5-19)6-20-11-3-2-8(12(15)16)4-9(11)13(17)18;1-8(9(15)5-19)6-20-11-4-2-3-10(18-7-14)12(11)13(16)17;1-7-3-2-4-8(12(15)16)11(7)18-6-10(14)9(13)5-17/h2-4,9-10,14-15H,5-6H2,1H3,(H,16,17);3-5,9-10,14-15H,2,6H2,1H3,(H,16,17);3-5,9,11,14,20H,2,6H2,1H3,(H,15,16);2-4,7,11H,5-6H2,1H3,(H,14,15);2-4,7,10,14,19H,5-6H2,1H3,(H,15,16);2-4,7-9,15,19H,5-6H2,1H3;2-4,9-10,13-14,17H,5-6H2,1H3. The molecule has 0 radical (unpaired) electrons. The van der Waals surface area contributed by atoms with E-state index in [4.69, 9.17) is 35.0 Å². The summed E-state index contributed by atoms with van der Waals surface area (Å²) < 4.78 is 15.8. The molecule has 44 nitrogen and oxygen atoms in total. The number of rotatable bonds is 47. The van der Waals surface area contributed by atoms with Crippen molar-refractivity contribution in [3.63, 3.8) is 0 Å². The molecule has 14 unspecified atom stereocenters. The number of aromatic carboxylic acids is 5. The summed E-state index contributed by atoms with van der Waals surface area (Å²) in [6.45, 7) is 11.1. The molecular formula is C83H103N7O37S12. The van der Waals surface area contributed by atoms with Crippen molar-refractivity contribution in [1.29, 1.82) is 0 Å². The molecule has 0 spiro atoms. The Kier molecular flexibility index (Phi) is 59.3. The van der Waals surface area contributed by atoms with E-state index in [1.165, 1.54) is 114 Å². The number of aliphatic hydroxyl groups is 9. The normalized spacial score (nSPS) is 15.0. The van der Waals surface area contributed by atoms with Crippen LogP contribution in [0.1, 0.15) is 105 Å². The number of aliphatic hydroxyl groups excluding tert-OH is 9. The van der Waals surface area contributed by atoms with Gasteiger partial charge >= 0.3 is 35.5 Å². The third-order valence-corrected chi connectivity index (χ3v) is 29.9. The van der Waals surface area contributed by atoms with Gasteiger partial charge in [0.25, 0.3) is 40.6 Å². The second kappa shape index (κ2) is 65.6. The van der Waals surface area contributed by atoms with Gasteiger partial charge in [0.2, 0.25) is 5.75 Å². The first-order valence-corrected chi connectivity index (χ1v) is 51.8. The van der Waals surface area contributed by atoms with Crippen LogP contribution < -0.4 is 14.2 Å². The number of non-ortho nitro benzene ring substituents is 4. The zero-order valence-electron chi connectivity index (χ0n) is 74.5. The maximum Gasteiger partial charge on any atom is 0.339 e. The monoisotopic (exact) mass is 2170 g/mol.